The molecule has 0 spiro atoms. The van der Waals surface area contributed by atoms with E-state index in [1.54, 1.807) is 16.8 Å². The Kier molecular flexibility index (Phi) is 6.18. The highest BCUT2D eigenvalue weighted by Crippen LogP contribution is 2.23. The smallest absolute Gasteiger partial charge is 0.248 e. The van der Waals surface area contributed by atoms with Crippen LogP contribution in [0.1, 0.15) is 25.1 Å². The highest BCUT2D eigenvalue weighted by atomic mass is 79.9. The monoisotopic (exact) mass is 413 g/mol. The van der Waals surface area contributed by atoms with E-state index in [0.29, 0.717) is 27.7 Å². The average Bonchev–Trinajstić information content (AvgIpc) is 2.74. The van der Waals surface area contributed by atoms with E-state index in [9.17, 15) is 9.18 Å². The van der Waals surface area contributed by atoms with E-state index in [1.165, 1.54) is 18.2 Å². The van der Waals surface area contributed by atoms with E-state index in [4.69, 9.17) is 11.6 Å². The molecule has 0 saturated carbocycles. The minimum atomic E-state index is -0.509. The molecule has 1 aromatic carbocycles. The lowest BCUT2D eigenvalue weighted by atomic mass is 10.2. The number of amides is 1. The van der Waals surface area contributed by atoms with Gasteiger partial charge in [-0.15, -0.1) is 0 Å². The summed E-state index contributed by atoms with van der Waals surface area (Å²) in [6.45, 7) is 6.67. The van der Waals surface area contributed by atoms with E-state index in [1.807, 2.05) is 6.92 Å². The fourth-order valence-electron chi connectivity index (χ4n) is 2.15. The number of hydrogen-bond acceptors (Lipinski definition) is 2. The lowest BCUT2D eigenvalue weighted by Gasteiger charge is -2.05. The van der Waals surface area contributed by atoms with Crippen LogP contribution in [0.4, 0.5) is 10.1 Å². The Labute approximate surface area is 153 Å². The predicted molar refractivity (Wildman–Crippen MR) is 98.6 cm³/mol. The lowest BCUT2D eigenvalue weighted by molar-refractivity contribution is -0.111. The van der Waals surface area contributed by atoms with Crippen molar-refractivity contribution < 1.29 is 9.18 Å². The standard InChI is InChI=1S/C17H18BrClFN3O/c1-10(2)9-23-17(19)13(11(3)22-23)5-7-16(24)21-15-6-4-12(18)8-14(15)20/h4-8,10H,9H2,1-3H3,(H,21,24)/b7-5+. The van der Waals surface area contributed by atoms with Gasteiger partial charge in [0.1, 0.15) is 11.0 Å². The third-order valence-electron chi connectivity index (χ3n) is 3.24. The summed E-state index contributed by atoms with van der Waals surface area (Å²) in [6, 6.07) is 4.43. The molecule has 0 aliphatic heterocycles. The van der Waals surface area contributed by atoms with Crippen LogP contribution >= 0.6 is 27.5 Å². The van der Waals surface area contributed by atoms with Crippen LogP contribution < -0.4 is 5.32 Å². The third-order valence-corrected chi connectivity index (χ3v) is 4.13. The van der Waals surface area contributed by atoms with Crippen LogP contribution in [-0.4, -0.2) is 15.7 Å². The van der Waals surface area contributed by atoms with E-state index in [-0.39, 0.29) is 5.69 Å². The molecule has 0 fully saturated rings. The molecule has 1 aromatic heterocycles. The van der Waals surface area contributed by atoms with Crippen LogP contribution in [0.15, 0.2) is 28.7 Å². The number of benzene rings is 1. The largest absolute Gasteiger partial charge is 0.320 e. The molecule has 0 saturated heterocycles. The molecule has 1 N–H and O–H groups in total. The molecule has 7 heteroatoms. The molecule has 1 heterocycles. The number of nitrogens with zero attached hydrogens (tertiary/aromatic N) is 2. The number of anilines is 1. The summed E-state index contributed by atoms with van der Waals surface area (Å²) in [5, 5.41) is 7.35. The molecule has 2 rings (SSSR count). The highest BCUT2D eigenvalue weighted by Gasteiger charge is 2.12. The molecule has 0 bridgehead atoms. The van der Waals surface area contributed by atoms with Crippen molar-refractivity contribution in [3.05, 3.63) is 51.0 Å². The average molecular weight is 415 g/mol. The Morgan fingerprint density at radius 1 is 1.50 bits per heavy atom. The Morgan fingerprint density at radius 2 is 2.21 bits per heavy atom. The summed E-state index contributed by atoms with van der Waals surface area (Å²) in [5.41, 5.74) is 1.54. The number of halogens is 3. The summed E-state index contributed by atoms with van der Waals surface area (Å²) < 4.78 is 16.0. The first-order valence-electron chi connectivity index (χ1n) is 7.45. The van der Waals surface area contributed by atoms with Gasteiger partial charge in [0.15, 0.2) is 0 Å². The first-order valence-corrected chi connectivity index (χ1v) is 8.62. The van der Waals surface area contributed by atoms with Gasteiger partial charge in [-0.25, -0.2) is 4.39 Å². The number of rotatable bonds is 5. The van der Waals surface area contributed by atoms with Crippen molar-refractivity contribution in [1.82, 2.24) is 9.78 Å². The van der Waals surface area contributed by atoms with Crippen molar-refractivity contribution in [2.75, 3.05) is 5.32 Å². The maximum atomic E-state index is 13.7. The summed E-state index contributed by atoms with van der Waals surface area (Å²) in [7, 11) is 0. The van der Waals surface area contributed by atoms with E-state index in [2.05, 4.69) is 40.2 Å². The Balaban J connectivity index is 2.13. The van der Waals surface area contributed by atoms with Gasteiger partial charge in [-0.3, -0.25) is 9.48 Å². The minimum Gasteiger partial charge on any atom is -0.320 e. The second kappa shape index (κ2) is 7.94. The van der Waals surface area contributed by atoms with Gasteiger partial charge in [0.25, 0.3) is 0 Å². The summed E-state index contributed by atoms with van der Waals surface area (Å²) >= 11 is 9.48. The van der Waals surface area contributed by atoms with Crippen LogP contribution in [0.2, 0.25) is 5.15 Å². The Morgan fingerprint density at radius 3 is 2.83 bits per heavy atom. The summed E-state index contributed by atoms with van der Waals surface area (Å²) in [6.07, 6.45) is 2.91. The predicted octanol–water partition coefficient (Wildman–Crippen LogP) is 5.05. The van der Waals surface area contributed by atoms with Crippen molar-refractivity contribution in [1.29, 1.82) is 0 Å². The molecule has 0 aliphatic rings. The van der Waals surface area contributed by atoms with Crippen LogP contribution in [-0.2, 0) is 11.3 Å². The zero-order chi connectivity index (χ0) is 17.9. The molecule has 1 amide bonds. The van der Waals surface area contributed by atoms with E-state index < -0.39 is 11.7 Å². The first kappa shape index (κ1) is 18.7. The highest BCUT2D eigenvalue weighted by molar-refractivity contribution is 9.10. The second-order valence-corrected chi connectivity index (χ2v) is 7.09. The topological polar surface area (TPSA) is 46.9 Å². The maximum Gasteiger partial charge on any atom is 0.248 e. The van der Waals surface area contributed by atoms with Crippen molar-refractivity contribution in [2.45, 2.75) is 27.3 Å². The van der Waals surface area contributed by atoms with Gasteiger partial charge in [0.05, 0.1) is 11.4 Å². The molecular formula is C17H18BrClFN3O. The molecule has 0 aliphatic carbocycles. The molecular weight excluding hydrogens is 397 g/mol. The van der Waals surface area contributed by atoms with Crippen molar-refractivity contribution in [3.8, 4) is 0 Å². The van der Waals surface area contributed by atoms with Crippen LogP contribution in [0.5, 0.6) is 0 Å². The van der Waals surface area contributed by atoms with Gasteiger partial charge in [-0.2, -0.15) is 5.10 Å². The molecule has 0 radical (unpaired) electrons. The Hall–Kier alpha value is -1.66. The quantitative estimate of drug-likeness (QED) is 0.696. The minimum absolute atomic E-state index is 0.117. The summed E-state index contributed by atoms with van der Waals surface area (Å²) in [4.78, 5) is 12.0. The number of hydrogen-bond donors (Lipinski definition) is 1. The molecule has 0 atom stereocenters. The number of aromatic nitrogens is 2. The Bertz CT molecular complexity index is 786. The molecule has 128 valence electrons. The summed E-state index contributed by atoms with van der Waals surface area (Å²) in [5.74, 6) is -0.546. The van der Waals surface area contributed by atoms with Gasteiger partial charge in [-0.05, 0) is 37.1 Å². The van der Waals surface area contributed by atoms with Gasteiger partial charge in [0, 0.05) is 22.7 Å². The number of carbonyl (C=O) groups is 1. The molecule has 4 nitrogen and oxygen atoms in total. The van der Waals surface area contributed by atoms with Crippen LogP contribution in [0, 0.1) is 18.7 Å². The number of nitrogens with one attached hydrogen (secondary N) is 1. The number of aryl methyl sites for hydroxylation is 1. The molecule has 24 heavy (non-hydrogen) atoms. The van der Waals surface area contributed by atoms with Crippen molar-refractivity contribution in [2.24, 2.45) is 5.92 Å². The molecule has 0 unspecified atom stereocenters. The number of carbonyl (C=O) groups excluding carboxylic acids is 1. The normalized spacial score (nSPS) is 11.5. The lowest BCUT2D eigenvalue weighted by Crippen LogP contribution is -2.09. The third kappa shape index (κ3) is 4.68. The molecule has 2 aromatic rings. The zero-order valence-electron chi connectivity index (χ0n) is 13.6. The SMILES string of the molecule is Cc1nn(CC(C)C)c(Cl)c1/C=C/C(=O)Nc1ccc(Br)cc1F. The van der Waals surface area contributed by atoms with E-state index >= 15 is 0 Å². The van der Waals surface area contributed by atoms with Gasteiger partial charge >= 0.3 is 0 Å². The zero-order valence-corrected chi connectivity index (χ0v) is 15.9. The van der Waals surface area contributed by atoms with Gasteiger partial charge in [0.2, 0.25) is 5.91 Å². The van der Waals surface area contributed by atoms with Gasteiger partial charge < -0.3 is 5.32 Å². The first-order chi connectivity index (χ1) is 11.3. The van der Waals surface area contributed by atoms with E-state index in [0.717, 1.165) is 5.69 Å². The second-order valence-electron chi connectivity index (χ2n) is 5.81. The van der Waals surface area contributed by atoms with Crippen molar-refractivity contribution >= 4 is 45.2 Å². The van der Waals surface area contributed by atoms with Crippen molar-refractivity contribution in [3.63, 3.8) is 0 Å². The fourth-order valence-corrected chi connectivity index (χ4v) is 2.79. The van der Waals surface area contributed by atoms with Crippen LogP contribution in [0.25, 0.3) is 6.08 Å². The van der Waals surface area contributed by atoms with Crippen LogP contribution in [0.3, 0.4) is 0 Å². The fraction of sp³-hybridized carbons (Fsp3) is 0.294. The van der Waals surface area contributed by atoms with Gasteiger partial charge in [-0.1, -0.05) is 41.4 Å². The maximum absolute atomic E-state index is 13.7.